The maximum atomic E-state index is 12.9. The third-order valence-corrected chi connectivity index (χ3v) is 3.22. The summed E-state index contributed by atoms with van der Waals surface area (Å²) in [6, 6.07) is 0.405. The molecule has 1 aromatic rings. The van der Waals surface area contributed by atoms with E-state index in [1.807, 2.05) is 0 Å². The summed E-state index contributed by atoms with van der Waals surface area (Å²) in [6.45, 7) is 0. The zero-order valence-corrected chi connectivity index (χ0v) is 9.55. The molecule has 0 radical (unpaired) electrons. The van der Waals surface area contributed by atoms with Crippen molar-refractivity contribution in [3.05, 3.63) is 22.7 Å². The summed E-state index contributed by atoms with van der Waals surface area (Å²) < 4.78 is 52.2. The van der Waals surface area contributed by atoms with E-state index in [0.29, 0.717) is 6.07 Å². The van der Waals surface area contributed by atoms with Gasteiger partial charge in [0.05, 0.1) is 7.11 Å². The average molecular weight is 277 g/mol. The highest BCUT2D eigenvalue weighted by atomic mass is 35.7. The van der Waals surface area contributed by atoms with E-state index in [1.54, 1.807) is 0 Å². The molecule has 84 valence electrons. The van der Waals surface area contributed by atoms with Gasteiger partial charge in [0, 0.05) is 16.7 Å². The Hall–Kier alpha value is -0.590. The van der Waals surface area contributed by atoms with E-state index >= 15 is 0 Å². The molecule has 0 spiro atoms. The van der Waals surface area contributed by atoms with Gasteiger partial charge in [-0.25, -0.2) is 17.2 Å². The van der Waals surface area contributed by atoms with Crippen LogP contribution in [0, 0.1) is 11.6 Å². The van der Waals surface area contributed by atoms with Gasteiger partial charge in [0.1, 0.15) is 9.92 Å². The number of ether oxygens (including phenoxy) is 1. The van der Waals surface area contributed by atoms with Gasteiger partial charge < -0.3 is 4.74 Å². The van der Waals surface area contributed by atoms with E-state index in [4.69, 9.17) is 22.3 Å². The zero-order valence-electron chi connectivity index (χ0n) is 7.22. The van der Waals surface area contributed by atoms with Crippen LogP contribution < -0.4 is 4.74 Å². The number of halogens is 4. The lowest BCUT2D eigenvalue weighted by Crippen LogP contribution is -2.00. The SMILES string of the molecule is COc1c(S(=O)(=O)Cl)cc(F)c(F)c1Cl. The number of rotatable bonds is 2. The highest BCUT2D eigenvalue weighted by Gasteiger charge is 2.24. The highest BCUT2D eigenvalue weighted by molar-refractivity contribution is 8.13. The lowest BCUT2D eigenvalue weighted by molar-refractivity contribution is 0.394. The van der Waals surface area contributed by atoms with Gasteiger partial charge in [0.25, 0.3) is 9.05 Å². The monoisotopic (exact) mass is 276 g/mol. The molecule has 0 aliphatic heterocycles. The smallest absolute Gasteiger partial charge is 0.265 e. The van der Waals surface area contributed by atoms with Gasteiger partial charge in [-0.3, -0.25) is 0 Å². The summed E-state index contributed by atoms with van der Waals surface area (Å²) >= 11 is 5.35. The Morgan fingerprint density at radius 3 is 2.33 bits per heavy atom. The summed E-state index contributed by atoms with van der Waals surface area (Å²) in [5.41, 5.74) is 0. The van der Waals surface area contributed by atoms with Gasteiger partial charge in [-0.05, 0) is 0 Å². The Morgan fingerprint density at radius 2 is 1.93 bits per heavy atom. The van der Waals surface area contributed by atoms with Crippen molar-refractivity contribution in [3.63, 3.8) is 0 Å². The zero-order chi connectivity index (χ0) is 11.8. The first-order chi connectivity index (χ1) is 6.79. The second-order valence-corrected chi connectivity index (χ2v) is 5.37. The van der Waals surface area contributed by atoms with Crippen molar-refractivity contribution in [2.75, 3.05) is 7.11 Å². The largest absolute Gasteiger partial charge is 0.494 e. The van der Waals surface area contributed by atoms with Crippen LogP contribution in [0.25, 0.3) is 0 Å². The molecule has 8 heteroatoms. The Balaban J connectivity index is 3.68. The topological polar surface area (TPSA) is 43.4 Å². The van der Waals surface area contributed by atoms with Crippen LogP contribution in [0.15, 0.2) is 11.0 Å². The molecule has 0 aliphatic rings. The first kappa shape index (κ1) is 12.5. The van der Waals surface area contributed by atoms with Crippen LogP contribution in [-0.4, -0.2) is 15.5 Å². The summed E-state index contributed by atoms with van der Waals surface area (Å²) in [5, 5.41) is -0.767. The summed E-state index contributed by atoms with van der Waals surface area (Å²) in [7, 11) is 1.79. The summed E-state index contributed by atoms with van der Waals surface area (Å²) in [5.74, 6) is -3.33. The standard InChI is InChI=1S/C7H4Cl2F2O3S/c1-14-7-4(15(9,12)13)2-3(10)6(11)5(7)8/h2H,1H3. The van der Waals surface area contributed by atoms with Crippen molar-refractivity contribution >= 4 is 31.3 Å². The second-order valence-electron chi connectivity index (χ2n) is 2.46. The van der Waals surface area contributed by atoms with E-state index in [9.17, 15) is 17.2 Å². The van der Waals surface area contributed by atoms with E-state index in [0.717, 1.165) is 7.11 Å². The summed E-state index contributed by atoms with van der Waals surface area (Å²) in [6.07, 6.45) is 0. The number of benzene rings is 1. The molecule has 0 aromatic heterocycles. The van der Waals surface area contributed by atoms with Crippen molar-refractivity contribution in [1.82, 2.24) is 0 Å². The molecule has 15 heavy (non-hydrogen) atoms. The quantitative estimate of drug-likeness (QED) is 0.616. The van der Waals surface area contributed by atoms with Gasteiger partial charge in [-0.2, -0.15) is 0 Å². The molecule has 0 amide bonds. The molecule has 1 aromatic carbocycles. The normalized spacial score (nSPS) is 11.5. The van der Waals surface area contributed by atoms with Gasteiger partial charge >= 0.3 is 0 Å². The van der Waals surface area contributed by atoms with Crippen LogP contribution in [0.4, 0.5) is 8.78 Å². The molecule has 0 aliphatic carbocycles. The average Bonchev–Trinajstić information content (AvgIpc) is 2.12. The minimum Gasteiger partial charge on any atom is -0.494 e. The third kappa shape index (κ3) is 2.32. The molecule has 3 nitrogen and oxygen atoms in total. The van der Waals surface area contributed by atoms with Gasteiger partial charge in [0.2, 0.25) is 0 Å². The molecule has 0 N–H and O–H groups in total. The molecule has 1 rings (SSSR count). The Bertz CT molecular complexity index is 501. The Kier molecular flexibility index (Phi) is 3.42. The molecular formula is C7H4Cl2F2O3S. The molecule has 0 fully saturated rings. The van der Waals surface area contributed by atoms with E-state index in [2.05, 4.69) is 4.74 Å². The fourth-order valence-corrected chi connectivity index (χ4v) is 2.25. The van der Waals surface area contributed by atoms with Gasteiger partial charge in [-0.15, -0.1) is 0 Å². The van der Waals surface area contributed by atoms with Crippen LogP contribution >= 0.6 is 22.3 Å². The maximum Gasteiger partial charge on any atom is 0.265 e. The number of hydrogen-bond acceptors (Lipinski definition) is 3. The lowest BCUT2D eigenvalue weighted by Gasteiger charge is -2.08. The van der Waals surface area contributed by atoms with Crippen molar-refractivity contribution in [1.29, 1.82) is 0 Å². The molecule has 0 saturated carbocycles. The van der Waals surface area contributed by atoms with Crippen LogP contribution in [0.2, 0.25) is 5.02 Å². The summed E-state index contributed by atoms with van der Waals surface area (Å²) in [4.78, 5) is -0.712. The van der Waals surface area contributed by atoms with Gasteiger partial charge in [0.15, 0.2) is 17.4 Å². The Labute approximate surface area is 94.0 Å². The van der Waals surface area contributed by atoms with Crippen LogP contribution in [0.1, 0.15) is 0 Å². The van der Waals surface area contributed by atoms with Crippen molar-refractivity contribution in [2.45, 2.75) is 4.90 Å². The molecule has 0 heterocycles. The predicted molar refractivity (Wildman–Crippen MR) is 51.0 cm³/mol. The molecule has 0 bridgehead atoms. The van der Waals surface area contributed by atoms with Crippen molar-refractivity contribution < 1.29 is 21.9 Å². The number of hydrogen-bond donors (Lipinski definition) is 0. The fraction of sp³-hybridized carbons (Fsp3) is 0.143. The first-order valence-electron chi connectivity index (χ1n) is 3.45. The third-order valence-electron chi connectivity index (χ3n) is 1.55. The van der Waals surface area contributed by atoms with Crippen LogP contribution in [-0.2, 0) is 9.05 Å². The Morgan fingerprint density at radius 1 is 1.40 bits per heavy atom. The number of methoxy groups -OCH3 is 1. The minimum absolute atomic E-state index is 0.405. The molecular weight excluding hydrogens is 273 g/mol. The fourth-order valence-electron chi connectivity index (χ4n) is 0.928. The van der Waals surface area contributed by atoms with E-state index in [1.165, 1.54) is 0 Å². The molecule has 0 unspecified atom stereocenters. The highest BCUT2D eigenvalue weighted by Crippen LogP contribution is 2.36. The van der Waals surface area contributed by atoms with E-state index in [-0.39, 0.29) is 0 Å². The maximum absolute atomic E-state index is 12.9. The van der Waals surface area contributed by atoms with Crippen molar-refractivity contribution in [2.24, 2.45) is 0 Å². The molecule has 0 saturated heterocycles. The lowest BCUT2D eigenvalue weighted by atomic mass is 10.3. The minimum atomic E-state index is -4.25. The van der Waals surface area contributed by atoms with Gasteiger partial charge in [-0.1, -0.05) is 11.6 Å². The van der Waals surface area contributed by atoms with Crippen LogP contribution in [0.5, 0.6) is 5.75 Å². The van der Waals surface area contributed by atoms with E-state index < -0.39 is 36.4 Å². The second kappa shape index (κ2) is 4.11. The van der Waals surface area contributed by atoms with Crippen molar-refractivity contribution in [3.8, 4) is 5.75 Å². The van der Waals surface area contributed by atoms with Crippen LogP contribution in [0.3, 0.4) is 0 Å². The first-order valence-corrected chi connectivity index (χ1v) is 6.14. The predicted octanol–water partition coefficient (Wildman–Crippen LogP) is 2.55. The molecule has 0 atom stereocenters.